The summed E-state index contributed by atoms with van der Waals surface area (Å²) in [5, 5.41) is 3.46. The lowest BCUT2D eigenvalue weighted by Gasteiger charge is -2.23. The van der Waals surface area contributed by atoms with E-state index in [1.807, 2.05) is 0 Å². The largest absolute Gasteiger partial charge is 0.311 e. The fourth-order valence-electron chi connectivity index (χ4n) is 1.31. The van der Waals surface area contributed by atoms with E-state index in [2.05, 4.69) is 26.1 Å². The Morgan fingerprint density at radius 2 is 2.09 bits per heavy atom. The van der Waals surface area contributed by atoms with E-state index in [9.17, 15) is 0 Å². The third kappa shape index (κ3) is 3.26. The highest BCUT2D eigenvalue weighted by atomic mass is 35.5. The molecule has 2 heteroatoms. The molecule has 0 aromatic rings. The van der Waals surface area contributed by atoms with Crippen LogP contribution in [0.25, 0.3) is 0 Å². The first-order chi connectivity index (χ1) is 4.70. The van der Waals surface area contributed by atoms with Crippen molar-refractivity contribution in [1.29, 1.82) is 0 Å². The highest BCUT2D eigenvalue weighted by Gasteiger charge is 2.10. The average Bonchev–Trinajstić information content (AvgIpc) is 1.88. The maximum atomic E-state index is 3.46. The Morgan fingerprint density at radius 1 is 1.45 bits per heavy atom. The SMILES string of the molecule is CC(C)=C1CCC(C)NC1.Cl. The van der Waals surface area contributed by atoms with Crippen LogP contribution in [0.1, 0.15) is 33.6 Å². The lowest BCUT2D eigenvalue weighted by molar-refractivity contribution is 0.484. The molecular weight excluding hydrogens is 158 g/mol. The number of rotatable bonds is 0. The first-order valence-electron chi connectivity index (χ1n) is 4.08. The minimum Gasteiger partial charge on any atom is -0.311 e. The van der Waals surface area contributed by atoms with Crippen LogP contribution < -0.4 is 5.32 Å². The Hall–Kier alpha value is -0.0100. The van der Waals surface area contributed by atoms with E-state index in [1.54, 1.807) is 5.57 Å². The second-order valence-corrected chi connectivity index (χ2v) is 3.42. The van der Waals surface area contributed by atoms with Gasteiger partial charge in [0.1, 0.15) is 0 Å². The van der Waals surface area contributed by atoms with Gasteiger partial charge < -0.3 is 5.32 Å². The lowest BCUT2D eigenvalue weighted by atomic mass is 9.98. The molecule has 1 heterocycles. The molecular formula is C9H18ClN. The van der Waals surface area contributed by atoms with Crippen LogP contribution >= 0.6 is 12.4 Å². The monoisotopic (exact) mass is 175 g/mol. The van der Waals surface area contributed by atoms with Crippen molar-refractivity contribution in [2.75, 3.05) is 6.54 Å². The van der Waals surface area contributed by atoms with Crippen LogP contribution in [0.4, 0.5) is 0 Å². The van der Waals surface area contributed by atoms with E-state index in [4.69, 9.17) is 0 Å². The molecule has 11 heavy (non-hydrogen) atoms. The maximum Gasteiger partial charge on any atom is 0.0169 e. The molecule has 0 radical (unpaired) electrons. The molecule has 1 atom stereocenters. The quantitative estimate of drug-likeness (QED) is 0.558. The third-order valence-electron chi connectivity index (χ3n) is 2.25. The van der Waals surface area contributed by atoms with Crippen molar-refractivity contribution in [3.63, 3.8) is 0 Å². The van der Waals surface area contributed by atoms with E-state index in [0.717, 1.165) is 12.6 Å². The molecule has 1 N–H and O–H groups in total. The van der Waals surface area contributed by atoms with Gasteiger partial charge in [0.15, 0.2) is 0 Å². The van der Waals surface area contributed by atoms with Gasteiger partial charge in [-0.2, -0.15) is 0 Å². The second kappa shape index (κ2) is 4.78. The standard InChI is InChI=1S/C9H17N.ClH/c1-7(2)9-5-4-8(3)10-6-9;/h8,10H,4-6H2,1-3H3;1H. The van der Waals surface area contributed by atoms with Crippen LogP contribution in [0.15, 0.2) is 11.1 Å². The van der Waals surface area contributed by atoms with Crippen molar-refractivity contribution >= 4 is 12.4 Å². The smallest absolute Gasteiger partial charge is 0.0169 e. The van der Waals surface area contributed by atoms with Crippen LogP contribution in [0, 0.1) is 0 Å². The summed E-state index contributed by atoms with van der Waals surface area (Å²) in [6.07, 6.45) is 2.61. The summed E-state index contributed by atoms with van der Waals surface area (Å²) in [7, 11) is 0. The van der Waals surface area contributed by atoms with Gasteiger partial charge >= 0.3 is 0 Å². The molecule has 0 spiro atoms. The molecule has 1 aliphatic rings. The average molecular weight is 176 g/mol. The predicted octanol–water partition coefficient (Wildman–Crippen LogP) is 2.52. The van der Waals surface area contributed by atoms with E-state index >= 15 is 0 Å². The van der Waals surface area contributed by atoms with Gasteiger partial charge in [-0.15, -0.1) is 12.4 Å². The molecule has 1 rings (SSSR count). The minimum absolute atomic E-state index is 0. The van der Waals surface area contributed by atoms with Gasteiger partial charge in [0.2, 0.25) is 0 Å². The van der Waals surface area contributed by atoms with Crippen molar-refractivity contribution in [2.45, 2.75) is 39.7 Å². The fourth-order valence-corrected chi connectivity index (χ4v) is 1.31. The maximum absolute atomic E-state index is 3.46. The van der Waals surface area contributed by atoms with Crippen molar-refractivity contribution in [3.05, 3.63) is 11.1 Å². The fraction of sp³-hybridized carbons (Fsp3) is 0.778. The zero-order valence-corrected chi connectivity index (χ0v) is 8.42. The minimum atomic E-state index is 0. The molecule has 1 unspecified atom stereocenters. The summed E-state index contributed by atoms with van der Waals surface area (Å²) in [6, 6.07) is 0.725. The predicted molar refractivity (Wildman–Crippen MR) is 52.3 cm³/mol. The van der Waals surface area contributed by atoms with Crippen LogP contribution in [0.5, 0.6) is 0 Å². The zero-order valence-electron chi connectivity index (χ0n) is 7.61. The van der Waals surface area contributed by atoms with E-state index in [1.165, 1.54) is 18.4 Å². The Balaban J connectivity index is 0.000001000. The summed E-state index contributed by atoms with van der Waals surface area (Å²) in [6.45, 7) is 7.77. The van der Waals surface area contributed by atoms with E-state index < -0.39 is 0 Å². The van der Waals surface area contributed by atoms with Crippen LogP contribution in [0.2, 0.25) is 0 Å². The Kier molecular flexibility index (Phi) is 4.78. The Morgan fingerprint density at radius 3 is 2.45 bits per heavy atom. The first kappa shape index (κ1) is 11.0. The van der Waals surface area contributed by atoms with Gasteiger partial charge in [-0.3, -0.25) is 0 Å². The number of allylic oxidation sites excluding steroid dienone is 1. The molecule has 0 aromatic carbocycles. The molecule has 66 valence electrons. The van der Waals surface area contributed by atoms with Crippen molar-refractivity contribution in [1.82, 2.24) is 5.32 Å². The highest BCUT2D eigenvalue weighted by Crippen LogP contribution is 2.15. The van der Waals surface area contributed by atoms with Crippen molar-refractivity contribution < 1.29 is 0 Å². The molecule has 1 nitrogen and oxygen atoms in total. The lowest BCUT2D eigenvalue weighted by Crippen LogP contribution is -2.32. The molecule has 1 saturated heterocycles. The second-order valence-electron chi connectivity index (χ2n) is 3.42. The number of hydrogen-bond donors (Lipinski definition) is 1. The van der Waals surface area contributed by atoms with Gasteiger partial charge in [-0.05, 0) is 33.6 Å². The summed E-state index contributed by atoms with van der Waals surface area (Å²) in [5.41, 5.74) is 3.11. The third-order valence-corrected chi connectivity index (χ3v) is 2.25. The zero-order chi connectivity index (χ0) is 7.56. The molecule has 1 fully saturated rings. The molecule has 0 aromatic heterocycles. The summed E-state index contributed by atoms with van der Waals surface area (Å²) >= 11 is 0. The molecule has 0 saturated carbocycles. The number of hydrogen-bond acceptors (Lipinski definition) is 1. The van der Waals surface area contributed by atoms with Crippen LogP contribution in [0.3, 0.4) is 0 Å². The Bertz CT molecular complexity index is 138. The van der Waals surface area contributed by atoms with Crippen molar-refractivity contribution in [3.8, 4) is 0 Å². The number of nitrogens with one attached hydrogen (secondary N) is 1. The van der Waals surface area contributed by atoms with E-state index in [0.29, 0.717) is 0 Å². The molecule has 0 bridgehead atoms. The molecule has 0 amide bonds. The summed E-state index contributed by atoms with van der Waals surface area (Å²) in [4.78, 5) is 0. The Labute approximate surface area is 75.7 Å². The van der Waals surface area contributed by atoms with Gasteiger partial charge in [0.25, 0.3) is 0 Å². The summed E-state index contributed by atoms with van der Waals surface area (Å²) in [5.74, 6) is 0. The van der Waals surface area contributed by atoms with Gasteiger partial charge in [0.05, 0.1) is 0 Å². The highest BCUT2D eigenvalue weighted by molar-refractivity contribution is 5.85. The van der Waals surface area contributed by atoms with Gasteiger partial charge in [0, 0.05) is 12.6 Å². The molecule has 0 aliphatic carbocycles. The normalized spacial score (nSPS) is 24.3. The first-order valence-corrected chi connectivity index (χ1v) is 4.08. The number of halogens is 1. The van der Waals surface area contributed by atoms with Crippen LogP contribution in [-0.2, 0) is 0 Å². The van der Waals surface area contributed by atoms with Crippen molar-refractivity contribution in [2.24, 2.45) is 0 Å². The summed E-state index contributed by atoms with van der Waals surface area (Å²) < 4.78 is 0. The topological polar surface area (TPSA) is 12.0 Å². The van der Waals surface area contributed by atoms with Gasteiger partial charge in [-0.1, -0.05) is 11.1 Å². The number of piperidine rings is 1. The molecule has 1 aliphatic heterocycles. The van der Waals surface area contributed by atoms with E-state index in [-0.39, 0.29) is 12.4 Å². The van der Waals surface area contributed by atoms with Crippen LogP contribution in [-0.4, -0.2) is 12.6 Å². The van der Waals surface area contributed by atoms with Gasteiger partial charge in [-0.25, -0.2) is 0 Å².